The Morgan fingerprint density at radius 1 is 1.24 bits per heavy atom. The first-order valence-electron chi connectivity index (χ1n) is 8.60. The molecule has 5 nitrogen and oxygen atoms in total. The zero-order valence-corrected chi connectivity index (χ0v) is 14.3. The molecule has 7 heteroatoms. The number of nitrogens with zero attached hydrogens (tertiary/aromatic N) is 2. The molecule has 25 heavy (non-hydrogen) atoms. The van der Waals surface area contributed by atoms with Crippen LogP contribution in [0.5, 0.6) is 0 Å². The van der Waals surface area contributed by atoms with Crippen molar-refractivity contribution in [3.8, 4) is 0 Å². The summed E-state index contributed by atoms with van der Waals surface area (Å²) in [5, 5.41) is 0. The monoisotopic (exact) mass is 352 g/mol. The summed E-state index contributed by atoms with van der Waals surface area (Å²) in [7, 11) is 0. The third-order valence-electron chi connectivity index (χ3n) is 5.09. The van der Waals surface area contributed by atoms with Crippen LogP contribution in [0, 0.1) is 5.41 Å². The van der Waals surface area contributed by atoms with Gasteiger partial charge in [-0.25, -0.2) is 18.6 Å². The van der Waals surface area contributed by atoms with E-state index in [1.165, 1.54) is 0 Å². The molecule has 3 rings (SSSR count). The Labute approximate surface area is 145 Å². The molecular weight excluding hydrogens is 330 g/mol. The highest BCUT2D eigenvalue weighted by molar-refractivity contribution is 6.34. The average Bonchev–Trinajstić information content (AvgIpc) is 2.55. The van der Waals surface area contributed by atoms with Gasteiger partial charge in [-0.3, -0.25) is 4.79 Å². The van der Waals surface area contributed by atoms with Gasteiger partial charge in [0.25, 0.3) is 0 Å². The van der Waals surface area contributed by atoms with Gasteiger partial charge in [0.15, 0.2) is 0 Å². The summed E-state index contributed by atoms with van der Waals surface area (Å²) in [5.74, 6) is -3.13. The zero-order chi connectivity index (χ0) is 18.1. The second-order valence-corrected chi connectivity index (χ2v) is 7.04. The fraction of sp³-hybridized carbons (Fsp3) is 0.611. The predicted molar refractivity (Wildman–Crippen MR) is 87.6 cm³/mol. The molecule has 2 heterocycles. The van der Waals surface area contributed by atoms with E-state index in [4.69, 9.17) is 0 Å². The zero-order valence-electron chi connectivity index (χ0n) is 14.3. The molecule has 1 saturated heterocycles. The van der Waals surface area contributed by atoms with Crippen LogP contribution in [0.2, 0.25) is 0 Å². The highest BCUT2D eigenvalue weighted by Crippen LogP contribution is 2.57. The van der Waals surface area contributed by atoms with Crippen molar-refractivity contribution in [3.05, 3.63) is 23.9 Å². The summed E-state index contributed by atoms with van der Waals surface area (Å²) < 4.78 is 31.0. The second kappa shape index (κ2) is 6.69. The Morgan fingerprint density at radius 3 is 2.44 bits per heavy atom. The number of aromatic nitrogens is 1. The molecule has 0 unspecified atom stereocenters. The van der Waals surface area contributed by atoms with Crippen LogP contribution in [0.25, 0.3) is 0 Å². The fourth-order valence-electron chi connectivity index (χ4n) is 3.79. The van der Waals surface area contributed by atoms with E-state index in [0.29, 0.717) is 18.7 Å². The highest BCUT2D eigenvalue weighted by Gasteiger charge is 2.56. The molecule has 0 atom stereocenters. The van der Waals surface area contributed by atoms with Crippen molar-refractivity contribution < 1.29 is 23.1 Å². The van der Waals surface area contributed by atoms with Crippen molar-refractivity contribution in [2.24, 2.45) is 5.41 Å². The van der Waals surface area contributed by atoms with Crippen LogP contribution in [0.3, 0.4) is 0 Å². The number of hydrogen-bond acceptors (Lipinski definition) is 5. The minimum atomic E-state index is -2.48. The van der Waals surface area contributed by atoms with Crippen molar-refractivity contribution in [2.45, 2.75) is 45.0 Å². The molecule has 1 aromatic rings. The fourth-order valence-corrected chi connectivity index (χ4v) is 3.79. The SMILES string of the molecule is CCOC(=O)C(=O)Cc1ccc(N2CCC3(CC2)CC(F)(F)C3)nc1. The molecule has 1 saturated carbocycles. The van der Waals surface area contributed by atoms with Crippen LogP contribution in [-0.4, -0.2) is 42.4 Å². The number of carbonyl (C=O) groups excluding carboxylic acids is 2. The third-order valence-corrected chi connectivity index (χ3v) is 5.09. The third kappa shape index (κ3) is 3.96. The Morgan fingerprint density at radius 2 is 1.92 bits per heavy atom. The summed E-state index contributed by atoms with van der Waals surface area (Å²) >= 11 is 0. The van der Waals surface area contributed by atoms with Crippen LogP contribution in [0.15, 0.2) is 18.3 Å². The normalized spacial score (nSPS) is 20.8. The maximum absolute atomic E-state index is 13.2. The van der Waals surface area contributed by atoms with Crippen molar-refractivity contribution in [1.29, 1.82) is 0 Å². The lowest BCUT2D eigenvalue weighted by Gasteiger charge is -2.52. The number of carbonyl (C=O) groups is 2. The minimum Gasteiger partial charge on any atom is -0.460 e. The van der Waals surface area contributed by atoms with Gasteiger partial charge in [-0.05, 0) is 36.8 Å². The highest BCUT2D eigenvalue weighted by atomic mass is 19.3. The first-order chi connectivity index (χ1) is 11.8. The summed E-state index contributed by atoms with van der Waals surface area (Å²) in [5.41, 5.74) is 0.459. The molecule has 2 aliphatic rings. The van der Waals surface area contributed by atoms with Gasteiger partial charge >= 0.3 is 5.97 Å². The Balaban J connectivity index is 1.53. The largest absolute Gasteiger partial charge is 0.460 e. The molecule has 2 fully saturated rings. The number of alkyl halides is 2. The number of Topliss-reactive ketones (excluding diaryl/α,β-unsaturated/α-hetero) is 1. The quantitative estimate of drug-likeness (QED) is 0.602. The number of rotatable bonds is 5. The van der Waals surface area contributed by atoms with Gasteiger partial charge in [-0.15, -0.1) is 0 Å². The number of hydrogen-bond donors (Lipinski definition) is 0. The van der Waals surface area contributed by atoms with Crippen LogP contribution in [-0.2, 0) is 20.7 Å². The lowest BCUT2D eigenvalue weighted by atomic mass is 9.61. The van der Waals surface area contributed by atoms with Crippen LogP contribution < -0.4 is 4.90 Å². The molecule has 0 N–H and O–H groups in total. The van der Waals surface area contributed by atoms with Crippen molar-refractivity contribution >= 4 is 17.6 Å². The standard InChI is InChI=1S/C18H22F2N2O3/c1-2-25-16(24)14(23)9-13-3-4-15(21-10-13)22-7-5-17(6-8-22)11-18(19,20)12-17/h3-4,10H,2,5-9,11-12H2,1H3. The van der Waals surface area contributed by atoms with E-state index in [0.717, 1.165) is 18.7 Å². The number of anilines is 1. The first kappa shape index (κ1) is 17.8. The molecule has 136 valence electrons. The second-order valence-electron chi connectivity index (χ2n) is 7.04. The molecule has 1 aliphatic carbocycles. The molecule has 1 aliphatic heterocycles. The average molecular weight is 352 g/mol. The van der Waals surface area contributed by atoms with Crippen molar-refractivity contribution in [2.75, 3.05) is 24.6 Å². The lowest BCUT2D eigenvalue weighted by molar-refractivity contribution is -0.168. The van der Waals surface area contributed by atoms with E-state index >= 15 is 0 Å². The maximum Gasteiger partial charge on any atom is 0.374 e. The predicted octanol–water partition coefficient (Wildman–Crippen LogP) is 2.77. The van der Waals surface area contributed by atoms with Gasteiger partial charge < -0.3 is 9.64 Å². The maximum atomic E-state index is 13.2. The molecule has 1 spiro atoms. The molecule has 0 radical (unpaired) electrons. The summed E-state index contributed by atoms with van der Waals surface area (Å²) in [4.78, 5) is 29.5. The van der Waals surface area contributed by atoms with Crippen LogP contribution in [0.1, 0.15) is 38.2 Å². The molecule has 1 aromatic heterocycles. The number of halogens is 2. The Kier molecular flexibility index (Phi) is 4.75. The lowest BCUT2D eigenvalue weighted by Crippen LogP contribution is -2.52. The molecule has 0 amide bonds. The summed E-state index contributed by atoms with van der Waals surface area (Å²) in [6.45, 7) is 3.24. The van der Waals surface area contributed by atoms with Gasteiger partial charge in [0.05, 0.1) is 6.61 Å². The smallest absolute Gasteiger partial charge is 0.374 e. The number of ketones is 1. The summed E-state index contributed by atoms with van der Waals surface area (Å²) in [6, 6.07) is 3.57. The van der Waals surface area contributed by atoms with Crippen molar-refractivity contribution in [1.82, 2.24) is 4.98 Å². The van der Waals surface area contributed by atoms with Gasteiger partial charge in [0.1, 0.15) is 5.82 Å². The Hall–Kier alpha value is -2.05. The van der Waals surface area contributed by atoms with Crippen molar-refractivity contribution in [3.63, 3.8) is 0 Å². The first-order valence-corrected chi connectivity index (χ1v) is 8.60. The van der Waals surface area contributed by atoms with Crippen LogP contribution >= 0.6 is 0 Å². The van der Waals surface area contributed by atoms with E-state index in [1.807, 2.05) is 0 Å². The molecule has 0 aromatic carbocycles. The number of piperidine rings is 1. The number of ether oxygens (including phenoxy) is 1. The molecular formula is C18H22F2N2O3. The van der Waals surface area contributed by atoms with E-state index in [-0.39, 0.29) is 31.3 Å². The summed E-state index contributed by atoms with van der Waals surface area (Å²) in [6.07, 6.45) is 3.08. The van der Waals surface area contributed by atoms with Gasteiger partial charge in [0.2, 0.25) is 11.7 Å². The number of esters is 1. The van der Waals surface area contributed by atoms with Gasteiger partial charge in [-0.2, -0.15) is 0 Å². The van der Waals surface area contributed by atoms with E-state index < -0.39 is 17.7 Å². The van der Waals surface area contributed by atoms with E-state index in [1.54, 1.807) is 25.3 Å². The van der Waals surface area contributed by atoms with E-state index in [2.05, 4.69) is 14.6 Å². The van der Waals surface area contributed by atoms with Gasteiger partial charge in [-0.1, -0.05) is 6.07 Å². The van der Waals surface area contributed by atoms with Crippen LogP contribution in [0.4, 0.5) is 14.6 Å². The Bertz CT molecular complexity index is 643. The van der Waals surface area contributed by atoms with Gasteiger partial charge in [0, 0.05) is 38.5 Å². The molecule has 0 bridgehead atoms. The topological polar surface area (TPSA) is 59.5 Å². The number of pyridine rings is 1. The van der Waals surface area contributed by atoms with E-state index in [9.17, 15) is 18.4 Å². The minimum absolute atomic E-state index is 0.0101.